The number of thiophene rings is 1. The summed E-state index contributed by atoms with van der Waals surface area (Å²) < 4.78 is 6.50. The molecule has 6 heteroatoms. The molecule has 0 spiro atoms. The molecule has 3 rings (SSSR count). The molecule has 0 saturated heterocycles. The number of carbonyl (C=O) groups is 1. The lowest BCUT2D eigenvalue weighted by Crippen LogP contribution is -1.99. The number of aromatic carboxylic acids is 1. The SMILES string of the molecule is Cc1ccc(Br)c(-c2oc(-c3cccs3)nc2C(=O)O)c1. The molecule has 0 aliphatic carbocycles. The molecule has 0 radical (unpaired) electrons. The molecule has 2 heterocycles. The number of carboxylic acid groups (broad SMARTS) is 1. The predicted octanol–water partition coefficient (Wildman–Crippen LogP) is 4.84. The van der Waals surface area contributed by atoms with E-state index in [0.29, 0.717) is 11.5 Å². The van der Waals surface area contributed by atoms with E-state index in [2.05, 4.69) is 20.9 Å². The second kappa shape index (κ2) is 5.46. The van der Waals surface area contributed by atoms with Gasteiger partial charge in [-0.3, -0.25) is 0 Å². The normalized spacial score (nSPS) is 10.8. The molecule has 4 nitrogen and oxygen atoms in total. The Morgan fingerprint density at radius 1 is 1.38 bits per heavy atom. The van der Waals surface area contributed by atoms with E-state index in [9.17, 15) is 9.90 Å². The fourth-order valence-electron chi connectivity index (χ4n) is 1.97. The molecule has 0 saturated carbocycles. The zero-order chi connectivity index (χ0) is 15.0. The number of aromatic nitrogens is 1. The van der Waals surface area contributed by atoms with Crippen molar-refractivity contribution in [3.63, 3.8) is 0 Å². The molecule has 2 aromatic heterocycles. The zero-order valence-corrected chi connectivity index (χ0v) is 13.4. The molecular formula is C15H10BrNO3S. The lowest BCUT2D eigenvalue weighted by molar-refractivity contribution is 0.0691. The van der Waals surface area contributed by atoms with Crippen LogP contribution in [0.4, 0.5) is 0 Å². The maximum Gasteiger partial charge on any atom is 0.358 e. The lowest BCUT2D eigenvalue weighted by atomic mass is 10.1. The average molecular weight is 364 g/mol. The first-order valence-corrected chi connectivity index (χ1v) is 7.78. The van der Waals surface area contributed by atoms with Crippen molar-refractivity contribution in [2.75, 3.05) is 0 Å². The molecule has 106 valence electrons. The van der Waals surface area contributed by atoms with Crippen molar-refractivity contribution < 1.29 is 14.3 Å². The Morgan fingerprint density at radius 2 is 2.19 bits per heavy atom. The maximum atomic E-state index is 11.4. The van der Waals surface area contributed by atoms with Gasteiger partial charge in [-0.05, 0) is 30.5 Å². The first-order chi connectivity index (χ1) is 10.1. The van der Waals surface area contributed by atoms with Gasteiger partial charge in [-0.2, -0.15) is 0 Å². The van der Waals surface area contributed by atoms with Crippen LogP contribution in [0.1, 0.15) is 16.1 Å². The number of hydrogen-bond donors (Lipinski definition) is 1. The standard InChI is InChI=1S/C15H10BrNO3S/c1-8-4-5-10(16)9(7-8)13-12(15(18)19)17-14(20-13)11-3-2-6-21-11/h2-7H,1H3,(H,18,19). The predicted molar refractivity (Wildman–Crippen MR) is 84.6 cm³/mol. The number of halogens is 1. The molecule has 21 heavy (non-hydrogen) atoms. The number of carboxylic acids is 1. The number of oxazole rings is 1. The Bertz CT molecular complexity index is 808. The maximum absolute atomic E-state index is 11.4. The van der Waals surface area contributed by atoms with Crippen LogP contribution in [0.15, 0.2) is 44.6 Å². The van der Waals surface area contributed by atoms with E-state index in [1.54, 1.807) is 0 Å². The van der Waals surface area contributed by atoms with Crippen LogP contribution < -0.4 is 0 Å². The zero-order valence-electron chi connectivity index (χ0n) is 11.0. The fourth-order valence-corrected chi connectivity index (χ4v) is 3.04. The summed E-state index contributed by atoms with van der Waals surface area (Å²) in [6.45, 7) is 1.94. The minimum Gasteiger partial charge on any atom is -0.476 e. The van der Waals surface area contributed by atoms with Crippen LogP contribution in [-0.2, 0) is 0 Å². The van der Waals surface area contributed by atoms with Crippen molar-refractivity contribution in [3.8, 4) is 22.1 Å². The lowest BCUT2D eigenvalue weighted by Gasteiger charge is -2.03. The van der Waals surface area contributed by atoms with E-state index < -0.39 is 5.97 Å². The third-order valence-corrected chi connectivity index (χ3v) is 4.48. The van der Waals surface area contributed by atoms with E-state index in [1.165, 1.54) is 11.3 Å². The molecule has 3 aromatic rings. The van der Waals surface area contributed by atoms with Gasteiger partial charge in [-0.1, -0.05) is 33.6 Å². The molecule has 0 atom stereocenters. The Hall–Kier alpha value is -1.92. The summed E-state index contributed by atoms with van der Waals surface area (Å²) in [5.74, 6) is -0.516. The fraction of sp³-hybridized carbons (Fsp3) is 0.0667. The molecule has 0 aliphatic heterocycles. The number of hydrogen-bond acceptors (Lipinski definition) is 4. The average Bonchev–Trinajstić information content (AvgIpc) is 3.09. The van der Waals surface area contributed by atoms with Gasteiger partial charge in [0, 0.05) is 10.0 Å². The van der Waals surface area contributed by atoms with Crippen molar-refractivity contribution in [2.45, 2.75) is 6.92 Å². The van der Waals surface area contributed by atoms with E-state index >= 15 is 0 Å². The van der Waals surface area contributed by atoms with Crippen LogP contribution in [0.2, 0.25) is 0 Å². The molecule has 0 amide bonds. The van der Waals surface area contributed by atoms with Gasteiger partial charge in [0.25, 0.3) is 0 Å². The van der Waals surface area contributed by atoms with Gasteiger partial charge in [0.05, 0.1) is 4.88 Å². The number of nitrogens with zero attached hydrogens (tertiary/aromatic N) is 1. The van der Waals surface area contributed by atoms with Gasteiger partial charge in [0.2, 0.25) is 5.89 Å². The van der Waals surface area contributed by atoms with Gasteiger partial charge < -0.3 is 9.52 Å². The van der Waals surface area contributed by atoms with Gasteiger partial charge in [0.15, 0.2) is 11.5 Å². The summed E-state index contributed by atoms with van der Waals surface area (Å²) in [6.07, 6.45) is 0. The Balaban J connectivity index is 2.21. The van der Waals surface area contributed by atoms with Crippen molar-refractivity contribution >= 4 is 33.2 Å². The minimum atomic E-state index is -1.11. The van der Waals surface area contributed by atoms with E-state index in [4.69, 9.17) is 4.42 Å². The second-order valence-corrected chi connectivity index (χ2v) is 6.26. The summed E-state index contributed by atoms with van der Waals surface area (Å²) in [6, 6.07) is 9.38. The quantitative estimate of drug-likeness (QED) is 0.722. The highest BCUT2D eigenvalue weighted by Gasteiger charge is 2.23. The van der Waals surface area contributed by atoms with Crippen LogP contribution in [0.3, 0.4) is 0 Å². The highest BCUT2D eigenvalue weighted by atomic mass is 79.9. The van der Waals surface area contributed by atoms with Crippen molar-refractivity contribution in [1.82, 2.24) is 4.98 Å². The topological polar surface area (TPSA) is 63.3 Å². The summed E-state index contributed by atoms with van der Waals surface area (Å²) in [5.41, 5.74) is 1.62. The van der Waals surface area contributed by atoms with Crippen LogP contribution in [0.5, 0.6) is 0 Å². The molecule has 0 fully saturated rings. The summed E-state index contributed by atoms with van der Waals surface area (Å²) in [4.78, 5) is 16.4. The van der Waals surface area contributed by atoms with Crippen LogP contribution in [0, 0.1) is 6.92 Å². The number of benzene rings is 1. The highest BCUT2D eigenvalue weighted by Crippen LogP contribution is 2.36. The van der Waals surface area contributed by atoms with Gasteiger partial charge in [0.1, 0.15) is 0 Å². The van der Waals surface area contributed by atoms with Crippen molar-refractivity contribution in [1.29, 1.82) is 0 Å². The van der Waals surface area contributed by atoms with Gasteiger partial charge in [-0.25, -0.2) is 9.78 Å². The Labute approximate surface area is 133 Å². The smallest absolute Gasteiger partial charge is 0.358 e. The van der Waals surface area contributed by atoms with Crippen LogP contribution in [-0.4, -0.2) is 16.1 Å². The molecule has 1 aromatic carbocycles. The number of aryl methyl sites for hydroxylation is 1. The highest BCUT2D eigenvalue weighted by molar-refractivity contribution is 9.10. The van der Waals surface area contributed by atoms with Crippen LogP contribution >= 0.6 is 27.3 Å². The van der Waals surface area contributed by atoms with Gasteiger partial charge >= 0.3 is 5.97 Å². The minimum absolute atomic E-state index is 0.0790. The van der Waals surface area contributed by atoms with Gasteiger partial charge in [-0.15, -0.1) is 11.3 Å². The van der Waals surface area contributed by atoms with E-state index in [-0.39, 0.29) is 11.5 Å². The molecule has 0 aliphatic rings. The van der Waals surface area contributed by atoms with Crippen molar-refractivity contribution in [2.24, 2.45) is 0 Å². The van der Waals surface area contributed by atoms with E-state index in [1.807, 2.05) is 42.6 Å². The molecular weight excluding hydrogens is 354 g/mol. The van der Waals surface area contributed by atoms with Crippen LogP contribution in [0.25, 0.3) is 22.1 Å². The molecule has 0 unspecified atom stereocenters. The molecule has 0 bridgehead atoms. The largest absolute Gasteiger partial charge is 0.476 e. The third-order valence-electron chi connectivity index (χ3n) is 2.93. The first-order valence-electron chi connectivity index (χ1n) is 6.11. The number of rotatable bonds is 3. The summed E-state index contributed by atoms with van der Waals surface area (Å²) in [7, 11) is 0. The monoisotopic (exact) mass is 363 g/mol. The molecule has 1 N–H and O–H groups in total. The second-order valence-electron chi connectivity index (χ2n) is 4.46. The third kappa shape index (κ3) is 2.64. The Morgan fingerprint density at radius 3 is 2.86 bits per heavy atom. The Kier molecular flexibility index (Phi) is 3.65. The summed E-state index contributed by atoms with van der Waals surface area (Å²) in [5, 5.41) is 11.3. The first kappa shape index (κ1) is 14.0. The van der Waals surface area contributed by atoms with E-state index in [0.717, 1.165) is 14.9 Å². The van der Waals surface area contributed by atoms with Crippen molar-refractivity contribution in [3.05, 3.63) is 51.4 Å². The summed E-state index contributed by atoms with van der Waals surface area (Å²) >= 11 is 4.88.